The standard InChI is InChI=1S/C13H21N5O2/c1-9-12-6-14-5-11(12)8-16(9)3-4-17-10(2)15-7-13(17)18(19)20/h7,9,11-12,14H,3-6,8H2,1-2H3. The van der Waals surface area contributed by atoms with E-state index >= 15 is 0 Å². The molecule has 3 rings (SSSR count). The molecule has 2 fully saturated rings. The molecule has 3 heterocycles. The van der Waals surface area contributed by atoms with Crippen LogP contribution in [0.1, 0.15) is 12.7 Å². The van der Waals surface area contributed by atoms with E-state index in [0.717, 1.165) is 38.0 Å². The lowest BCUT2D eigenvalue weighted by Crippen LogP contribution is -2.35. The van der Waals surface area contributed by atoms with Crippen LogP contribution in [0, 0.1) is 28.9 Å². The Morgan fingerprint density at radius 1 is 1.50 bits per heavy atom. The molecule has 0 radical (unpaired) electrons. The van der Waals surface area contributed by atoms with Gasteiger partial charge in [-0.2, -0.15) is 0 Å². The summed E-state index contributed by atoms with van der Waals surface area (Å²) in [4.78, 5) is 17.1. The van der Waals surface area contributed by atoms with E-state index in [-0.39, 0.29) is 10.7 Å². The second-order valence-corrected chi connectivity index (χ2v) is 5.89. The van der Waals surface area contributed by atoms with Crippen molar-refractivity contribution < 1.29 is 4.92 Å². The number of aryl methyl sites for hydroxylation is 1. The van der Waals surface area contributed by atoms with Gasteiger partial charge < -0.3 is 15.4 Å². The number of aromatic nitrogens is 2. The van der Waals surface area contributed by atoms with Gasteiger partial charge in [-0.25, -0.2) is 9.55 Å². The van der Waals surface area contributed by atoms with Crippen LogP contribution in [-0.4, -0.2) is 51.6 Å². The first-order valence-corrected chi connectivity index (χ1v) is 7.19. The van der Waals surface area contributed by atoms with Crippen molar-refractivity contribution in [3.63, 3.8) is 0 Å². The zero-order valence-corrected chi connectivity index (χ0v) is 12.0. The van der Waals surface area contributed by atoms with Gasteiger partial charge in [0.25, 0.3) is 0 Å². The minimum Gasteiger partial charge on any atom is -0.358 e. The van der Waals surface area contributed by atoms with E-state index in [4.69, 9.17) is 0 Å². The highest BCUT2D eigenvalue weighted by Gasteiger charge is 2.41. The number of nitrogens with zero attached hydrogens (tertiary/aromatic N) is 4. The van der Waals surface area contributed by atoms with Crippen molar-refractivity contribution in [2.75, 3.05) is 26.2 Å². The molecule has 0 spiro atoms. The molecule has 1 aromatic heterocycles. The minimum absolute atomic E-state index is 0.0937. The second kappa shape index (κ2) is 5.14. The van der Waals surface area contributed by atoms with Crippen LogP contribution in [-0.2, 0) is 6.54 Å². The topological polar surface area (TPSA) is 76.2 Å². The molecule has 0 aromatic carbocycles. The molecule has 1 aromatic rings. The van der Waals surface area contributed by atoms with Gasteiger partial charge in [-0.1, -0.05) is 0 Å². The fourth-order valence-electron chi connectivity index (χ4n) is 3.66. The Balaban J connectivity index is 1.66. The van der Waals surface area contributed by atoms with E-state index in [2.05, 4.69) is 22.1 Å². The average molecular weight is 279 g/mol. The predicted molar refractivity (Wildman–Crippen MR) is 74.5 cm³/mol. The van der Waals surface area contributed by atoms with E-state index in [1.54, 1.807) is 4.57 Å². The van der Waals surface area contributed by atoms with Crippen LogP contribution in [0.2, 0.25) is 0 Å². The van der Waals surface area contributed by atoms with Gasteiger partial charge in [0.05, 0.1) is 0 Å². The van der Waals surface area contributed by atoms with Gasteiger partial charge in [0, 0.05) is 26.1 Å². The molecule has 2 saturated heterocycles. The van der Waals surface area contributed by atoms with Gasteiger partial charge in [0.15, 0.2) is 5.82 Å². The van der Waals surface area contributed by atoms with Gasteiger partial charge in [-0.3, -0.25) is 4.90 Å². The third-order valence-electron chi connectivity index (χ3n) is 4.89. The fraction of sp³-hybridized carbons (Fsp3) is 0.769. The van der Waals surface area contributed by atoms with Crippen molar-refractivity contribution in [1.29, 1.82) is 0 Å². The van der Waals surface area contributed by atoms with Crippen LogP contribution in [0.5, 0.6) is 0 Å². The normalized spacial score (nSPS) is 29.8. The average Bonchev–Trinajstić information content (AvgIpc) is 3.05. The van der Waals surface area contributed by atoms with E-state index in [9.17, 15) is 10.1 Å². The zero-order valence-electron chi connectivity index (χ0n) is 12.0. The van der Waals surface area contributed by atoms with Gasteiger partial charge in [-0.15, -0.1) is 0 Å². The highest BCUT2D eigenvalue weighted by molar-refractivity contribution is 5.18. The molecule has 110 valence electrons. The van der Waals surface area contributed by atoms with Crippen LogP contribution in [0.15, 0.2) is 6.20 Å². The smallest absolute Gasteiger partial charge is 0.342 e. The van der Waals surface area contributed by atoms with Crippen LogP contribution in [0.4, 0.5) is 5.82 Å². The lowest BCUT2D eigenvalue weighted by molar-refractivity contribution is -0.392. The number of hydrogen-bond donors (Lipinski definition) is 1. The Morgan fingerprint density at radius 2 is 2.30 bits per heavy atom. The number of hydrogen-bond acceptors (Lipinski definition) is 5. The molecule has 2 aliphatic heterocycles. The van der Waals surface area contributed by atoms with E-state index in [0.29, 0.717) is 18.4 Å². The van der Waals surface area contributed by atoms with Crippen molar-refractivity contribution >= 4 is 5.82 Å². The van der Waals surface area contributed by atoms with Gasteiger partial charge in [0.1, 0.15) is 12.7 Å². The quantitative estimate of drug-likeness (QED) is 0.646. The third-order valence-corrected chi connectivity index (χ3v) is 4.89. The second-order valence-electron chi connectivity index (χ2n) is 5.89. The first-order chi connectivity index (χ1) is 9.58. The summed E-state index contributed by atoms with van der Waals surface area (Å²) in [6, 6.07) is 0.554. The molecule has 1 N–H and O–H groups in total. The molecule has 0 amide bonds. The number of fused-ring (bicyclic) bond motifs is 1. The summed E-state index contributed by atoms with van der Waals surface area (Å²) in [5, 5.41) is 14.4. The van der Waals surface area contributed by atoms with Crippen molar-refractivity contribution in [3.05, 3.63) is 22.1 Å². The zero-order chi connectivity index (χ0) is 14.3. The molecule has 7 nitrogen and oxygen atoms in total. The molecule has 0 saturated carbocycles. The Hall–Kier alpha value is -1.47. The summed E-state index contributed by atoms with van der Waals surface area (Å²) in [7, 11) is 0. The summed E-state index contributed by atoms with van der Waals surface area (Å²) in [5.74, 6) is 2.28. The Morgan fingerprint density at radius 3 is 3.00 bits per heavy atom. The largest absolute Gasteiger partial charge is 0.358 e. The third kappa shape index (κ3) is 2.20. The molecule has 7 heteroatoms. The highest BCUT2D eigenvalue weighted by Crippen LogP contribution is 2.32. The predicted octanol–water partition coefficient (Wildman–Crippen LogP) is 0.639. The van der Waals surface area contributed by atoms with Crippen LogP contribution in [0.25, 0.3) is 0 Å². The Labute approximate surface area is 118 Å². The number of imidazole rings is 1. The molecule has 0 aliphatic carbocycles. The summed E-state index contributed by atoms with van der Waals surface area (Å²) >= 11 is 0. The number of rotatable bonds is 4. The Bertz CT molecular complexity index is 515. The van der Waals surface area contributed by atoms with Crippen LogP contribution < -0.4 is 5.32 Å². The van der Waals surface area contributed by atoms with Crippen molar-refractivity contribution in [3.8, 4) is 0 Å². The van der Waals surface area contributed by atoms with E-state index in [1.165, 1.54) is 6.20 Å². The molecule has 20 heavy (non-hydrogen) atoms. The highest BCUT2D eigenvalue weighted by atomic mass is 16.6. The fourth-order valence-corrected chi connectivity index (χ4v) is 3.66. The number of likely N-dealkylation sites (tertiary alicyclic amines) is 1. The van der Waals surface area contributed by atoms with E-state index in [1.807, 2.05) is 6.92 Å². The number of nitrogens with one attached hydrogen (secondary N) is 1. The minimum atomic E-state index is -0.355. The lowest BCUT2D eigenvalue weighted by Gasteiger charge is -2.23. The molecule has 2 aliphatic rings. The maximum Gasteiger partial charge on any atom is 0.342 e. The van der Waals surface area contributed by atoms with Gasteiger partial charge in [0.2, 0.25) is 0 Å². The number of nitro groups is 1. The summed E-state index contributed by atoms with van der Waals surface area (Å²) < 4.78 is 1.71. The molecule has 3 atom stereocenters. The SMILES string of the molecule is Cc1ncc([N+](=O)[O-])n1CCN1CC2CNCC2C1C. The van der Waals surface area contributed by atoms with E-state index < -0.39 is 0 Å². The Kier molecular flexibility index (Phi) is 3.47. The summed E-state index contributed by atoms with van der Waals surface area (Å²) in [6.07, 6.45) is 1.35. The maximum absolute atomic E-state index is 11.0. The van der Waals surface area contributed by atoms with Gasteiger partial charge in [-0.05, 0) is 36.8 Å². The van der Waals surface area contributed by atoms with Crippen molar-refractivity contribution in [1.82, 2.24) is 19.8 Å². The molecule has 3 unspecified atom stereocenters. The van der Waals surface area contributed by atoms with Crippen LogP contribution in [0.3, 0.4) is 0 Å². The van der Waals surface area contributed by atoms with Crippen LogP contribution >= 0.6 is 0 Å². The molecular formula is C13H21N5O2. The lowest BCUT2D eigenvalue weighted by atomic mass is 9.95. The monoisotopic (exact) mass is 279 g/mol. The molecular weight excluding hydrogens is 258 g/mol. The van der Waals surface area contributed by atoms with Crippen molar-refractivity contribution in [2.45, 2.75) is 26.4 Å². The van der Waals surface area contributed by atoms with Gasteiger partial charge >= 0.3 is 5.82 Å². The first-order valence-electron chi connectivity index (χ1n) is 7.19. The molecule has 0 bridgehead atoms. The first kappa shape index (κ1) is 13.5. The maximum atomic E-state index is 11.0. The summed E-state index contributed by atoms with van der Waals surface area (Å²) in [5.41, 5.74) is 0. The van der Waals surface area contributed by atoms with Crippen molar-refractivity contribution in [2.24, 2.45) is 11.8 Å². The summed E-state index contributed by atoms with van der Waals surface area (Å²) in [6.45, 7) is 8.89.